The van der Waals surface area contributed by atoms with Crippen LogP contribution in [0.1, 0.15) is 67.2 Å². The van der Waals surface area contributed by atoms with Crippen molar-refractivity contribution in [1.82, 2.24) is 4.72 Å². The lowest BCUT2D eigenvalue weighted by Gasteiger charge is -2.32. The van der Waals surface area contributed by atoms with Crippen LogP contribution in [-0.2, 0) is 19.3 Å². The third kappa shape index (κ3) is 4.91. The molecule has 2 rings (SSSR count). The van der Waals surface area contributed by atoms with E-state index in [-0.39, 0.29) is 16.4 Å². The van der Waals surface area contributed by atoms with Crippen molar-refractivity contribution in [1.29, 1.82) is 0 Å². The Hall–Kier alpha value is -0.955. The zero-order valence-electron chi connectivity index (χ0n) is 17.1. The Morgan fingerprint density at radius 3 is 2.04 bits per heavy atom. The molecule has 0 amide bonds. The summed E-state index contributed by atoms with van der Waals surface area (Å²) < 4.78 is 54.4. The minimum atomic E-state index is -3.78. The SMILES string of the molecule is CCCC(CCC)NS(=O)(=O)c1ccc(B2OC(C)(C)C(C)(C)O2)c(F)c1. The predicted molar refractivity (Wildman–Crippen MR) is 106 cm³/mol. The van der Waals surface area contributed by atoms with Crippen LogP contribution < -0.4 is 10.2 Å². The Bertz CT molecular complexity index is 745. The fourth-order valence-corrected chi connectivity index (χ4v) is 4.40. The van der Waals surface area contributed by atoms with Crippen molar-refractivity contribution in [2.75, 3.05) is 0 Å². The molecule has 1 aliphatic rings. The van der Waals surface area contributed by atoms with Gasteiger partial charge in [-0.15, -0.1) is 0 Å². The van der Waals surface area contributed by atoms with E-state index in [1.54, 1.807) is 0 Å². The molecule has 0 spiro atoms. The third-order valence-electron chi connectivity index (χ3n) is 5.39. The van der Waals surface area contributed by atoms with Crippen molar-refractivity contribution in [3.8, 4) is 0 Å². The van der Waals surface area contributed by atoms with Crippen molar-refractivity contribution in [3.05, 3.63) is 24.0 Å². The van der Waals surface area contributed by atoms with E-state index in [2.05, 4.69) is 4.72 Å². The molecule has 0 aliphatic carbocycles. The van der Waals surface area contributed by atoms with Crippen LogP contribution in [0.25, 0.3) is 0 Å². The number of hydrogen-bond acceptors (Lipinski definition) is 4. The van der Waals surface area contributed by atoms with Gasteiger partial charge in [0, 0.05) is 11.5 Å². The van der Waals surface area contributed by atoms with Crippen molar-refractivity contribution in [3.63, 3.8) is 0 Å². The third-order valence-corrected chi connectivity index (χ3v) is 6.90. The molecule has 0 bridgehead atoms. The molecule has 0 radical (unpaired) electrons. The lowest BCUT2D eigenvalue weighted by molar-refractivity contribution is 0.00578. The molecule has 5 nitrogen and oxygen atoms in total. The first-order valence-corrected chi connectivity index (χ1v) is 11.1. The molecule has 8 heteroatoms. The first kappa shape index (κ1) is 22.3. The molecule has 1 N–H and O–H groups in total. The molecule has 0 aromatic heterocycles. The Kier molecular flexibility index (Phi) is 6.78. The van der Waals surface area contributed by atoms with Crippen LogP contribution in [0.2, 0.25) is 0 Å². The highest BCUT2D eigenvalue weighted by molar-refractivity contribution is 7.89. The minimum absolute atomic E-state index is 0.0857. The zero-order valence-corrected chi connectivity index (χ0v) is 18.0. The molecule has 152 valence electrons. The van der Waals surface area contributed by atoms with Gasteiger partial charge in [-0.05, 0) is 52.7 Å². The highest BCUT2D eigenvalue weighted by Gasteiger charge is 2.52. The number of benzene rings is 1. The van der Waals surface area contributed by atoms with Gasteiger partial charge < -0.3 is 9.31 Å². The summed E-state index contributed by atoms with van der Waals surface area (Å²) in [4.78, 5) is -0.0857. The Balaban J connectivity index is 2.23. The molecule has 1 aliphatic heterocycles. The van der Waals surface area contributed by atoms with Gasteiger partial charge in [0.25, 0.3) is 0 Å². The topological polar surface area (TPSA) is 64.6 Å². The van der Waals surface area contributed by atoms with E-state index >= 15 is 0 Å². The van der Waals surface area contributed by atoms with E-state index in [1.807, 2.05) is 41.5 Å². The zero-order chi connectivity index (χ0) is 20.5. The van der Waals surface area contributed by atoms with Gasteiger partial charge in [0.05, 0.1) is 16.1 Å². The van der Waals surface area contributed by atoms with Crippen LogP contribution in [0.5, 0.6) is 0 Å². The average molecular weight is 399 g/mol. The summed E-state index contributed by atoms with van der Waals surface area (Å²) in [6, 6.07) is 3.73. The fourth-order valence-electron chi connectivity index (χ4n) is 3.08. The van der Waals surface area contributed by atoms with Crippen LogP contribution in [0.3, 0.4) is 0 Å². The van der Waals surface area contributed by atoms with Crippen molar-refractivity contribution < 1.29 is 22.1 Å². The Morgan fingerprint density at radius 2 is 1.59 bits per heavy atom. The van der Waals surface area contributed by atoms with Gasteiger partial charge in [0.2, 0.25) is 10.0 Å². The quantitative estimate of drug-likeness (QED) is 0.681. The van der Waals surface area contributed by atoms with Crippen LogP contribution in [0.15, 0.2) is 23.1 Å². The summed E-state index contributed by atoms with van der Waals surface area (Å²) >= 11 is 0. The van der Waals surface area contributed by atoms with Crippen molar-refractivity contribution in [2.45, 2.75) is 89.4 Å². The van der Waals surface area contributed by atoms with Gasteiger partial charge >= 0.3 is 7.12 Å². The summed E-state index contributed by atoms with van der Waals surface area (Å²) in [7, 11) is -4.65. The summed E-state index contributed by atoms with van der Waals surface area (Å²) in [5, 5.41) is 0. The van der Waals surface area contributed by atoms with Crippen molar-refractivity contribution >= 4 is 22.6 Å². The standard InChI is InChI=1S/C19H31BFNO4S/c1-7-9-14(10-8-2)22-27(23,24)15-11-12-16(17(21)13-15)20-25-18(3,4)19(5,6)26-20/h11-14,22H,7-10H2,1-6H3. The molecule has 1 aromatic rings. The second-order valence-electron chi connectivity index (χ2n) is 8.17. The first-order valence-electron chi connectivity index (χ1n) is 9.61. The normalized spacial score (nSPS) is 19.0. The van der Waals surface area contributed by atoms with Gasteiger partial charge in [-0.2, -0.15) is 0 Å². The molecule has 1 fully saturated rings. The average Bonchev–Trinajstić information content (AvgIpc) is 2.75. The van der Waals surface area contributed by atoms with Crippen LogP contribution in [-0.4, -0.2) is 32.8 Å². The maximum atomic E-state index is 14.7. The van der Waals surface area contributed by atoms with Crippen LogP contribution >= 0.6 is 0 Å². The van der Waals surface area contributed by atoms with E-state index in [9.17, 15) is 12.8 Å². The van der Waals surface area contributed by atoms with Gasteiger partial charge in [0.15, 0.2) is 0 Å². The van der Waals surface area contributed by atoms with Gasteiger partial charge in [-0.25, -0.2) is 17.5 Å². The monoisotopic (exact) mass is 399 g/mol. The predicted octanol–water partition coefficient (Wildman–Crippen LogP) is 3.37. The van der Waals surface area contributed by atoms with Crippen LogP contribution in [0.4, 0.5) is 4.39 Å². The van der Waals surface area contributed by atoms with Gasteiger partial charge in [-0.3, -0.25) is 0 Å². The molecule has 0 saturated carbocycles. The molecule has 1 heterocycles. The van der Waals surface area contributed by atoms with Gasteiger partial charge in [0.1, 0.15) is 5.82 Å². The minimum Gasteiger partial charge on any atom is -0.399 e. The molecular formula is C19H31BFNO4S. The summed E-state index contributed by atoms with van der Waals surface area (Å²) in [5.41, 5.74) is -0.986. The number of rotatable bonds is 8. The van der Waals surface area contributed by atoms with Crippen molar-refractivity contribution in [2.24, 2.45) is 0 Å². The number of hydrogen-bond donors (Lipinski definition) is 1. The Labute approximate surface area is 163 Å². The van der Waals surface area contributed by atoms with E-state index in [1.165, 1.54) is 12.1 Å². The van der Waals surface area contributed by atoms with E-state index in [4.69, 9.17) is 9.31 Å². The highest BCUT2D eigenvalue weighted by atomic mass is 32.2. The molecule has 1 aromatic carbocycles. The maximum absolute atomic E-state index is 14.7. The molecule has 0 unspecified atom stereocenters. The fraction of sp³-hybridized carbons (Fsp3) is 0.684. The maximum Gasteiger partial charge on any atom is 0.497 e. The second kappa shape index (κ2) is 8.19. The van der Waals surface area contributed by atoms with E-state index in [0.29, 0.717) is 0 Å². The molecule has 1 saturated heterocycles. The lowest BCUT2D eigenvalue weighted by Crippen LogP contribution is -2.41. The molecular weight excluding hydrogens is 368 g/mol. The smallest absolute Gasteiger partial charge is 0.399 e. The lowest BCUT2D eigenvalue weighted by atomic mass is 9.79. The first-order chi connectivity index (χ1) is 12.4. The van der Waals surface area contributed by atoms with E-state index < -0.39 is 34.2 Å². The highest BCUT2D eigenvalue weighted by Crippen LogP contribution is 2.36. The van der Waals surface area contributed by atoms with Gasteiger partial charge in [-0.1, -0.05) is 32.8 Å². The summed E-state index contributed by atoms with van der Waals surface area (Å²) in [6.07, 6.45) is 3.26. The molecule has 0 atom stereocenters. The summed E-state index contributed by atoms with van der Waals surface area (Å²) in [6.45, 7) is 11.6. The Morgan fingerprint density at radius 1 is 1.07 bits per heavy atom. The van der Waals surface area contributed by atoms with E-state index in [0.717, 1.165) is 31.7 Å². The number of halogens is 1. The molecule has 27 heavy (non-hydrogen) atoms. The second-order valence-corrected chi connectivity index (χ2v) is 9.88. The number of sulfonamides is 1. The summed E-state index contributed by atoms with van der Waals surface area (Å²) in [5.74, 6) is -0.654. The largest absolute Gasteiger partial charge is 0.497 e. The van der Waals surface area contributed by atoms with Crippen LogP contribution in [0, 0.1) is 5.82 Å². The number of nitrogens with one attached hydrogen (secondary N) is 1.